The van der Waals surface area contributed by atoms with E-state index in [-0.39, 0.29) is 11.9 Å². The summed E-state index contributed by atoms with van der Waals surface area (Å²) in [5, 5.41) is 14.5. The maximum atomic E-state index is 13.2. The van der Waals surface area contributed by atoms with Crippen molar-refractivity contribution < 1.29 is 9.53 Å². The first-order valence-electron chi connectivity index (χ1n) is 10.9. The normalized spacial score (nSPS) is 14.5. The number of amides is 1. The van der Waals surface area contributed by atoms with Crippen molar-refractivity contribution in [1.29, 1.82) is 5.26 Å². The van der Waals surface area contributed by atoms with Gasteiger partial charge in [-0.1, -0.05) is 0 Å². The molecule has 1 aromatic carbocycles. The molecule has 0 spiro atoms. The van der Waals surface area contributed by atoms with Crippen LogP contribution in [0.2, 0.25) is 11.1 Å². The maximum absolute atomic E-state index is 13.2. The average Bonchev–Trinajstić information content (AvgIpc) is 2.88. The minimum absolute atomic E-state index is 0.152. The van der Waals surface area contributed by atoms with Gasteiger partial charge in [0.25, 0.3) is 0 Å². The third-order valence-electron chi connectivity index (χ3n) is 5.74. The molecule has 0 bridgehead atoms. The van der Waals surface area contributed by atoms with Crippen molar-refractivity contribution in [2.75, 3.05) is 25.5 Å². The number of nitrogens with zero attached hydrogens (tertiary/aromatic N) is 5. The number of anilines is 1. The van der Waals surface area contributed by atoms with Crippen LogP contribution in [0.15, 0.2) is 36.8 Å². The van der Waals surface area contributed by atoms with E-state index in [2.05, 4.69) is 32.2 Å². The predicted molar refractivity (Wildman–Crippen MR) is 128 cm³/mol. The summed E-state index contributed by atoms with van der Waals surface area (Å²) in [5.41, 5.74) is 2.83. The van der Waals surface area contributed by atoms with Crippen molar-refractivity contribution in [3.05, 3.63) is 42.4 Å². The third-order valence-corrected chi connectivity index (χ3v) is 7.14. The Morgan fingerprint density at radius 2 is 2.03 bits per heavy atom. The van der Waals surface area contributed by atoms with E-state index in [1.165, 1.54) is 19.9 Å². The van der Waals surface area contributed by atoms with Crippen molar-refractivity contribution in [2.45, 2.75) is 36.4 Å². The molecule has 4 rings (SSSR count). The number of benzene rings is 1. The summed E-state index contributed by atoms with van der Waals surface area (Å²) in [6, 6.07) is 9.41. The summed E-state index contributed by atoms with van der Waals surface area (Å²) in [6.07, 6.45) is 6.52. The fourth-order valence-electron chi connectivity index (χ4n) is 4.05. The van der Waals surface area contributed by atoms with E-state index < -0.39 is 0 Å². The quantitative estimate of drug-likeness (QED) is 0.486. The van der Waals surface area contributed by atoms with E-state index in [9.17, 15) is 10.1 Å². The SMILES string of the molecule is COc1ncc(-c2ccc3ncnc(N[C@@H](C[Se]C)C(=O)N4CCCCC4)c3c2)cc1C#N. The second-order valence-corrected chi connectivity index (χ2v) is 9.80. The van der Waals surface area contributed by atoms with Crippen molar-refractivity contribution in [1.82, 2.24) is 19.9 Å². The van der Waals surface area contributed by atoms with Crippen LogP contribution < -0.4 is 10.1 Å². The fourth-order valence-corrected chi connectivity index (χ4v) is 5.22. The second kappa shape index (κ2) is 10.6. The molecule has 33 heavy (non-hydrogen) atoms. The summed E-state index contributed by atoms with van der Waals surface area (Å²) < 4.78 is 5.16. The van der Waals surface area contributed by atoms with E-state index in [0.29, 0.717) is 32.2 Å². The van der Waals surface area contributed by atoms with Crippen LogP contribution in [0.4, 0.5) is 5.82 Å². The fraction of sp³-hybridized carbons (Fsp3) is 0.375. The molecule has 2 aromatic heterocycles. The van der Waals surface area contributed by atoms with Gasteiger partial charge < -0.3 is 0 Å². The Labute approximate surface area is 199 Å². The summed E-state index contributed by atoms with van der Waals surface area (Å²) in [6.45, 7) is 1.65. The van der Waals surface area contributed by atoms with Gasteiger partial charge in [0, 0.05) is 0 Å². The number of methoxy groups -OCH3 is 1. The number of likely N-dealkylation sites (tertiary alicyclic amines) is 1. The zero-order valence-corrected chi connectivity index (χ0v) is 20.5. The van der Waals surface area contributed by atoms with E-state index in [1.807, 2.05) is 23.1 Å². The molecule has 0 unspecified atom stereocenters. The standard InChI is InChI=1S/C24H26N6O2Se/c1-32-23-17(12-25)10-18(13-26-23)16-6-7-20-19(11-16)22(28-15-27-20)29-21(14-33-2)24(31)30-8-4-3-5-9-30/h6-7,10-11,13,15,21H,3-5,8-9,14H2,1-2H3,(H,27,28,29)/t21-/m0/s1. The number of fused-ring (bicyclic) bond motifs is 1. The molecule has 1 N–H and O–H groups in total. The number of hydrogen-bond donors (Lipinski definition) is 1. The Morgan fingerprint density at radius 1 is 1.21 bits per heavy atom. The second-order valence-electron chi connectivity index (χ2n) is 7.89. The van der Waals surface area contributed by atoms with Gasteiger partial charge in [-0.3, -0.25) is 0 Å². The molecule has 1 atom stereocenters. The Bertz CT molecular complexity index is 1190. The van der Waals surface area contributed by atoms with E-state index in [0.717, 1.165) is 53.3 Å². The molecular formula is C24H26N6O2Se. The number of piperidine rings is 1. The van der Waals surface area contributed by atoms with Crippen LogP contribution in [-0.4, -0.2) is 67.0 Å². The number of pyridine rings is 1. The molecule has 0 radical (unpaired) electrons. The molecule has 9 heteroatoms. The van der Waals surface area contributed by atoms with Gasteiger partial charge in [0.2, 0.25) is 0 Å². The number of rotatable bonds is 7. The number of nitrogens with one attached hydrogen (secondary N) is 1. The van der Waals surface area contributed by atoms with Crippen LogP contribution in [0, 0.1) is 11.3 Å². The molecule has 1 amide bonds. The van der Waals surface area contributed by atoms with Gasteiger partial charge in [-0.05, 0) is 0 Å². The van der Waals surface area contributed by atoms with Gasteiger partial charge in [0.15, 0.2) is 0 Å². The third kappa shape index (κ3) is 5.08. The predicted octanol–water partition coefficient (Wildman–Crippen LogP) is 3.54. The van der Waals surface area contributed by atoms with Crippen LogP contribution in [0.5, 0.6) is 5.88 Å². The van der Waals surface area contributed by atoms with Crippen LogP contribution in [-0.2, 0) is 4.79 Å². The first-order valence-corrected chi connectivity index (χ1v) is 13.8. The van der Waals surface area contributed by atoms with E-state index >= 15 is 0 Å². The monoisotopic (exact) mass is 510 g/mol. The molecule has 0 saturated carbocycles. The molecule has 1 saturated heterocycles. The number of ether oxygens (including phenoxy) is 1. The van der Waals surface area contributed by atoms with Gasteiger partial charge in [-0.2, -0.15) is 0 Å². The van der Waals surface area contributed by atoms with Crippen LogP contribution in [0.1, 0.15) is 24.8 Å². The Morgan fingerprint density at radius 3 is 2.76 bits per heavy atom. The molecule has 170 valence electrons. The van der Waals surface area contributed by atoms with Crippen molar-refractivity contribution >= 4 is 37.6 Å². The molecule has 1 aliphatic heterocycles. The summed E-state index contributed by atoms with van der Waals surface area (Å²) in [7, 11) is 1.49. The summed E-state index contributed by atoms with van der Waals surface area (Å²) in [5.74, 6) is 3.24. The number of nitriles is 1. The number of aromatic nitrogens is 3. The van der Waals surface area contributed by atoms with Crippen molar-refractivity contribution in [3.8, 4) is 23.1 Å². The van der Waals surface area contributed by atoms with E-state index in [1.54, 1.807) is 12.3 Å². The molecule has 0 aliphatic carbocycles. The summed E-state index contributed by atoms with van der Waals surface area (Å²) >= 11 is 0.333. The molecule has 3 aromatic rings. The Balaban J connectivity index is 1.68. The Hall–Kier alpha value is -3.21. The number of carbonyl (C=O) groups excluding carboxylic acids is 1. The van der Waals surface area contributed by atoms with Gasteiger partial charge >= 0.3 is 193 Å². The van der Waals surface area contributed by atoms with Crippen molar-refractivity contribution in [2.24, 2.45) is 0 Å². The van der Waals surface area contributed by atoms with Crippen molar-refractivity contribution in [3.63, 3.8) is 0 Å². The average molecular weight is 509 g/mol. The van der Waals surface area contributed by atoms with Gasteiger partial charge in [-0.25, -0.2) is 0 Å². The summed E-state index contributed by atoms with van der Waals surface area (Å²) in [4.78, 5) is 28.3. The molecular weight excluding hydrogens is 483 g/mol. The molecule has 3 heterocycles. The van der Waals surface area contributed by atoms with Crippen LogP contribution in [0.3, 0.4) is 0 Å². The molecule has 1 aliphatic rings. The van der Waals surface area contributed by atoms with E-state index in [4.69, 9.17) is 4.74 Å². The minimum atomic E-state index is -0.303. The van der Waals surface area contributed by atoms with Gasteiger partial charge in [-0.15, -0.1) is 0 Å². The Kier molecular flexibility index (Phi) is 7.38. The number of carbonyl (C=O) groups is 1. The zero-order valence-electron chi connectivity index (χ0n) is 18.7. The molecule has 8 nitrogen and oxygen atoms in total. The first kappa shape index (κ1) is 23.0. The topological polar surface area (TPSA) is 104 Å². The van der Waals surface area contributed by atoms with Gasteiger partial charge in [0.1, 0.15) is 0 Å². The van der Waals surface area contributed by atoms with Gasteiger partial charge in [0.05, 0.1) is 7.11 Å². The van der Waals surface area contributed by atoms with Crippen LogP contribution >= 0.6 is 0 Å². The zero-order chi connectivity index (χ0) is 23.2. The molecule has 1 fully saturated rings. The first-order chi connectivity index (χ1) is 16.1. The van der Waals surface area contributed by atoms with Crippen LogP contribution in [0.25, 0.3) is 22.0 Å². The number of hydrogen-bond acceptors (Lipinski definition) is 7.